The minimum atomic E-state index is -0.717. The van der Waals surface area contributed by atoms with Gasteiger partial charge in [-0.1, -0.05) is 6.07 Å². The van der Waals surface area contributed by atoms with E-state index in [2.05, 4.69) is 22.9 Å². The van der Waals surface area contributed by atoms with Crippen molar-refractivity contribution in [1.82, 2.24) is 9.88 Å². The monoisotopic (exact) mass is 266 g/mol. The fraction of sp³-hybridized carbons (Fsp3) is 0.538. The van der Waals surface area contributed by atoms with E-state index in [-0.39, 0.29) is 18.5 Å². The lowest BCUT2D eigenvalue weighted by atomic mass is 10.1. The van der Waals surface area contributed by atoms with Gasteiger partial charge in [-0.25, -0.2) is 0 Å². The number of aromatic nitrogens is 1. The zero-order valence-electron chi connectivity index (χ0n) is 10.5. The molecule has 1 aromatic rings. The molecule has 0 aliphatic carbocycles. The van der Waals surface area contributed by atoms with Gasteiger partial charge in [-0.3, -0.25) is 14.7 Å². The molecule has 4 nitrogen and oxygen atoms in total. The molecular weight excluding hydrogens is 248 g/mol. The standard InChI is InChI=1S/C13H18N2O2S/c1-10(11-3-2-4-14-8-11)15-5-6-18-9-12(15)7-13(16)17/h2-4,8,10,12H,5-7,9H2,1H3,(H,16,17). The highest BCUT2D eigenvalue weighted by Crippen LogP contribution is 2.28. The van der Waals surface area contributed by atoms with E-state index in [0.717, 1.165) is 23.6 Å². The van der Waals surface area contributed by atoms with Gasteiger partial charge in [0.1, 0.15) is 0 Å². The maximum atomic E-state index is 10.9. The minimum Gasteiger partial charge on any atom is -0.481 e. The highest BCUT2D eigenvalue weighted by molar-refractivity contribution is 7.99. The highest BCUT2D eigenvalue weighted by Gasteiger charge is 2.29. The molecule has 0 radical (unpaired) electrons. The van der Waals surface area contributed by atoms with Crippen LogP contribution in [0.3, 0.4) is 0 Å². The van der Waals surface area contributed by atoms with Crippen molar-refractivity contribution in [3.05, 3.63) is 30.1 Å². The molecule has 2 atom stereocenters. The molecule has 1 aromatic heterocycles. The Morgan fingerprint density at radius 3 is 3.22 bits per heavy atom. The predicted octanol–water partition coefficient (Wildman–Crippen LogP) is 2.03. The smallest absolute Gasteiger partial charge is 0.304 e. The normalized spacial score (nSPS) is 22.6. The molecule has 0 aromatic carbocycles. The van der Waals surface area contributed by atoms with E-state index in [0.29, 0.717) is 0 Å². The van der Waals surface area contributed by atoms with E-state index >= 15 is 0 Å². The second-order valence-electron chi connectivity index (χ2n) is 4.53. The van der Waals surface area contributed by atoms with Crippen LogP contribution in [-0.4, -0.2) is 45.1 Å². The number of hydrogen-bond acceptors (Lipinski definition) is 4. The first kappa shape index (κ1) is 13.4. The van der Waals surface area contributed by atoms with Crippen molar-refractivity contribution < 1.29 is 9.90 Å². The van der Waals surface area contributed by atoms with Crippen molar-refractivity contribution in [3.8, 4) is 0 Å². The van der Waals surface area contributed by atoms with Crippen LogP contribution in [0.4, 0.5) is 0 Å². The number of pyridine rings is 1. The fourth-order valence-corrected chi connectivity index (χ4v) is 3.46. The van der Waals surface area contributed by atoms with E-state index in [4.69, 9.17) is 5.11 Å². The summed E-state index contributed by atoms with van der Waals surface area (Å²) in [6.45, 7) is 3.07. The summed E-state index contributed by atoms with van der Waals surface area (Å²) in [5, 5.41) is 8.99. The van der Waals surface area contributed by atoms with Crippen molar-refractivity contribution in [1.29, 1.82) is 0 Å². The van der Waals surface area contributed by atoms with Gasteiger partial charge in [0.25, 0.3) is 0 Å². The lowest BCUT2D eigenvalue weighted by Gasteiger charge is -2.39. The van der Waals surface area contributed by atoms with E-state index in [1.165, 1.54) is 0 Å². The summed E-state index contributed by atoms with van der Waals surface area (Å²) < 4.78 is 0. The Morgan fingerprint density at radius 2 is 2.56 bits per heavy atom. The van der Waals surface area contributed by atoms with Crippen LogP contribution in [0.15, 0.2) is 24.5 Å². The fourth-order valence-electron chi connectivity index (χ4n) is 2.37. The number of carboxylic acids is 1. The van der Waals surface area contributed by atoms with Crippen LogP contribution in [0.1, 0.15) is 24.9 Å². The number of nitrogens with zero attached hydrogens (tertiary/aromatic N) is 2. The minimum absolute atomic E-state index is 0.122. The van der Waals surface area contributed by atoms with Gasteiger partial charge >= 0.3 is 5.97 Å². The molecule has 0 spiro atoms. The number of carboxylic acid groups (broad SMARTS) is 1. The summed E-state index contributed by atoms with van der Waals surface area (Å²) in [4.78, 5) is 17.4. The molecule has 0 saturated carbocycles. The average Bonchev–Trinajstić information content (AvgIpc) is 2.39. The highest BCUT2D eigenvalue weighted by atomic mass is 32.2. The van der Waals surface area contributed by atoms with Gasteiger partial charge < -0.3 is 5.11 Å². The van der Waals surface area contributed by atoms with Gasteiger partial charge in [0, 0.05) is 42.5 Å². The SMILES string of the molecule is CC(c1cccnc1)N1CCSCC1CC(=O)O. The number of thioether (sulfide) groups is 1. The Hall–Kier alpha value is -1.07. The third-order valence-corrected chi connectivity index (χ3v) is 4.44. The van der Waals surface area contributed by atoms with E-state index < -0.39 is 5.97 Å². The van der Waals surface area contributed by atoms with Crippen LogP contribution < -0.4 is 0 Å². The maximum absolute atomic E-state index is 10.9. The van der Waals surface area contributed by atoms with E-state index in [9.17, 15) is 4.79 Å². The lowest BCUT2D eigenvalue weighted by molar-refractivity contribution is -0.138. The van der Waals surface area contributed by atoms with Gasteiger partial charge in [0.2, 0.25) is 0 Å². The summed E-state index contributed by atoms with van der Waals surface area (Å²) in [6, 6.07) is 4.33. The van der Waals surface area contributed by atoms with Crippen LogP contribution >= 0.6 is 11.8 Å². The van der Waals surface area contributed by atoms with Gasteiger partial charge in [0.15, 0.2) is 0 Å². The Labute approximate surface area is 111 Å². The summed E-state index contributed by atoms with van der Waals surface area (Å²) in [5.74, 6) is 1.25. The van der Waals surface area contributed by atoms with Crippen molar-refractivity contribution in [2.75, 3.05) is 18.1 Å². The topological polar surface area (TPSA) is 53.4 Å². The molecule has 1 N–H and O–H groups in total. The summed E-state index contributed by atoms with van der Waals surface area (Å²) >= 11 is 1.84. The maximum Gasteiger partial charge on any atom is 0.304 e. The van der Waals surface area contributed by atoms with Crippen LogP contribution in [0.2, 0.25) is 0 Å². The second-order valence-corrected chi connectivity index (χ2v) is 5.68. The summed E-state index contributed by atoms with van der Waals surface area (Å²) in [7, 11) is 0. The van der Waals surface area contributed by atoms with Crippen molar-refractivity contribution in [3.63, 3.8) is 0 Å². The predicted molar refractivity (Wildman–Crippen MR) is 72.7 cm³/mol. The zero-order chi connectivity index (χ0) is 13.0. The molecule has 98 valence electrons. The van der Waals surface area contributed by atoms with Crippen molar-refractivity contribution >= 4 is 17.7 Å². The summed E-state index contributed by atoms with van der Waals surface area (Å²) in [6.07, 6.45) is 3.85. The molecule has 2 heterocycles. The molecule has 0 bridgehead atoms. The van der Waals surface area contributed by atoms with E-state index in [1.54, 1.807) is 6.20 Å². The number of rotatable bonds is 4. The third kappa shape index (κ3) is 3.23. The Morgan fingerprint density at radius 1 is 1.72 bits per heavy atom. The van der Waals surface area contributed by atoms with Gasteiger partial charge in [-0.15, -0.1) is 0 Å². The van der Waals surface area contributed by atoms with Crippen LogP contribution in [0.25, 0.3) is 0 Å². The lowest BCUT2D eigenvalue weighted by Crippen LogP contribution is -2.44. The molecule has 0 amide bonds. The molecule has 2 rings (SSSR count). The van der Waals surface area contributed by atoms with Gasteiger partial charge in [0.05, 0.1) is 6.42 Å². The zero-order valence-corrected chi connectivity index (χ0v) is 11.3. The van der Waals surface area contributed by atoms with Crippen LogP contribution in [0.5, 0.6) is 0 Å². The van der Waals surface area contributed by atoms with Crippen molar-refractivity contribution in [2.45, 2.75) is 25.4 Å². The third-order valence-electron chi connectivity index (χ3n) is 3.35. The van der Waals surface area contributed by atoms with Crippen LogP contribution in [0, 0.1) is 0 Å². The Kier molecular flexibility index (Phi) is 4.60. The molecule has 1 fully saturated rings. The van der Waals surface area contributed by atoms with E-state index in [1.807, 2.05) is 24.0 Å². The molecule has 1 saturated heterocycles. The number of aliphatic carboxylic acids is 1. The molecule has 5 heteroatoms. The molecular formula is C13H18N2O2S. The first-order valence-corrected chi connectivity index (χ1v) is 7.29. The second kappa shape index (κ2) is 6.20. The summed E-state index contributed by atoms with van der Waals surface area (Å²) in [5.41, 5.74) is 1.15. The van der Waals surface area contributed by atoms with Crippen molar-refractivity contribution in [2.24, 2.45) is 0 Å². The first-order valence-electron chi connectivity index (χ1n) is 6.13. The first-order chi connectivity index (χ1) is 8.68. The Balaban J connectivity index is 2.11. The molecule has 2 unspecified atom stereocenters. The average molecular weight is 266 g/mol. The van der Waals surface area contributed by atoms with Gasteiger partial charge in [-0.2, -0.15) is 11.8 Å². The number of hydrogen-bond donors (Lipinski definition) is 1. The molecule has 1 aliphatic rings. The number of carbonyl (C=O) groups is 1. The molecule has 18 heavy (non-hydrogen) atoms. The molecule has 1 aliphatic heterocycles. The Bertz CT molecular complexity index is 399. The quantitative estimate of drug-likeness (QED) is 0.903. The van der Waals surface area contributed by atoms with Gasteiger partial charge in [-0.05, 0) is 18.6 Å². The van der Waals surface area contributed by atoms with Crippen LogP contribution in [-0.2, 0) is 4.79 Å². The largest absolute Gasteiger partial charge is 0.481 e.